The Kier molecular flexibility index (Phi) is 2.57. The molecule has 13 heavy (non-hydrogen) atoms. The summed E-state index contributed by atoms with van der Waals surface area (Å²) in [5.41, 5.74) is -0.117. The largest absolute Gasteiger partial charge is 0.309 e. The van der Waals surface area contributed by atoms with Gasteiger partial charge in [0.15, 0.2) is 11.6 Å². The predicted molar refractivity (Wildman–Crippen MR) is 41.3 cm³/mol. The highest BCUT2D eigenvalue weighted by molar-refractivity contribution is 5.24. The standard InChI is InChI=1S/C9H6F3N/c1-5(13-2)6-3-8(11)9(12)4-7(6)10/h3-5H,1H3. The minimum atomic E-state index is -1.24. The molecule has 0 aliphatic carbocycles. The maximum atomic E-state index is 12.9. The van der Waals surface area contributed by atoms with E-state index >= 15 is 0 Å². The van der Waals surface area contributed by atoms with Gasteiger partial charge in [0.2, 0.25) is 6.04 Å². The summed E-state index contributed by atoms with van der Waals surface area (Å²) in [6.07, 6.45) is 0. The van der Waals surface area contributed by atoms with Crippen molar-refractivity contribution in [3.05, 3.63) is 46.6 Å². The van der Waals surface area contributed by atoms with E-state index < -0.39 is 23.5 Å². The molecule has 4 heteroatoms. The lowest BCUT2D eigenvalue weighted by Gasteiger charge is -2.02. The van der Waals surface area contributed by atoms with Crippen LogP contribution >= 0.6 is 0 Å². The Hall–Kier alpha value is -1.50. The van der Waals surface area contributed by atoms with Gasteiger partial charge in [-0.05, 0) is 6.07 Å². The average molecular weight is 185 g/mol. The van der Waals surface area contributed by atoms with E-state index in [-0.39, 0.29) is 5.56 Å². The van der Waals surface area contributed by atoms with Crippen molar-refractivity contribution in [3.8, 4) is 0 Å². The lowest BCUT2D eigenvalue weighted by atomic mass is 10.1. The van der Waals surface area contributed by atoms with Crippen LogP contribution in [0.3, 0.4) is 0 Å². The number of hydrogen-bond donors (Lipinski definition) is 0. The van der Waals surface area contributed by atoms with Crippen molar-refractivity contribution in [3.63, 3.8) is 0 Å². The summed E-state index contributed by atoms with van der Waals surface area (Å²) in [5, 5.41) is 0. The monoisotopic (exact) mass is 185 g/mol. The van der Waals surface area contributed by atoms with Crippen LogP contribution in [0.5, 0.6) is 0 Å². The van der Waals surface area contributed by atoms with Crippen LogP contribution < -0.4 is 0 Å². The zero-order valence-electron chi connectivity index (χ0n) is 6.81. The van der Waals surface area contributed by atoms with Crippen molar-refractivity contribution in [2.45, 2.75) is 13.0 Å². The molecule has 0 N–H and O–H groups in total. The van der Waals surface area contributed by atoms with Crippen molar-refractivity contribution in [2.24, 2.45) is 0 Å². The molecule has 0 fully saturated rings. The first-order valence-corrected chi connectivity index (χ1v) is 3.57. The highest BCUT2D eigenvalue weighted by Crippen LogP contribution is 2.22. The first-order chi connectivity index (χ1) is 6.06. The number of halogens is 3. The van der Waals surface area contributed by atoms with Crippen molar-refractivity contribution < 1.29 is 13.2 Å². The fourth-order valence-corrected chi connectivity index (χ4v) is 0.928. The molecule has 68 valence electrons. The molecule has 0 aliphatic rings. The summed E-state index contributed by atoms with van der Waals surface area (Å²) in [6, 6.07) is 0.370. The molecule has 1 aromatic rings. The quantitative estimate of drug-likeness (QED) is 0.467. The third-order valence-corrected chi connectivity index (χ3v) is 1.68. The van der Waals surface area contributed by atoms with Crippen LogP contribution in [0.4, 0.5) is 13.2 Å². The van der Waals surface area contributed by atoms with Crippen molar-refractivity contribution in [1.29, 1.82) is 0 Å². The van der Waals surface area contributed by atoms with E-state index in [0.717, 1.165) is 0 Å². The SMILES string of the molecule is [C-]#[N+]C(C)c1cc(F)c(F)cc1F. The molecular formula is C9H6F3N. The Morgan fingerprint density at radius 2 is 1.69 bits per heavy atom. The second kappa shape index (κ2) is 3.48. The molecule has 1 atom stereocenters. The van der Waals surface area contributed by atoms with Gasteiger partial charge < -0.3 is 4.85 Å². The van der Waals surface area contributed by atoms with Crippen molar-refractivity contribution in [2.75, 3.05) is 0 Å². The molecule has 0 amide bonds. The van der Waals surface area contributed by atoms with E-state index in [2.05, 4.69) is 4.85 Å². The molecule has 1 unspecified atom stereocenters. The Morgan fingerprint density at radius 1 is 1.15 bits per heavy atom. The fourth-order valence-electron chi connectivity index (χ4n) is 0.928. The Labute approximate surface area is 73.6 Å². The molecule has 0 aromatic heterocycles. The molecule has 1 rings (SSSR count). The normalized spacial score (nSPS) is 12.2. The van der Waals surface area contributed by atoms with E-state index in [4.69, 9.17) is 6.57 Å². The van der Waals surface area contributed by atoms with Gasteiger partial charge in [-0.1, -0.05) is 0 Å². The van der Waals surface area contributed by atoms with E-state index in [1.807, 2.05) is 0 Å². The second-order valence-corrected chi connectivity index (χ2v) is 2.59. The molecule has 0 bridgehead atoms. The highest BCUT2D eigenvalue weighted by Gasteiger charge is 2.17. The second-order valence-electron chi connectivity index (χ2n) is 2.59. The Balaban J connectivity index is 3.25. The summed E-state index contributed by atoms with van der Waals surface area (Å²) < 4.78 is 38.0. The summed E-state index contributed by atoms with van der Waals surface area (Å²) >= 11 is 0. The first-order valence-electron chi connectivity index (χ1n) is 3.57. The molecule has 1 nitrogen and oxygen atoms in total. The maximum absolute atomic E-state index is 12.9. The van der Waals surface area contributed by atoms with Gasteiger partial charge in [-0.15, -0.1) is 0 Å². The molecule has 0 spiro atoms. The van der Waals surface area contributed by atoms with Crippen LogP contribution in [0.1, 0.15) is 18.5 Å². The number of hydrogen-bond acceptors (Lipinski definition) is 0. The Bertz CT molecular complexity index is 368. The van der Waals surface area contributed by atoms with Crippen LogP contribution in [0.2, 0.25) is 0 Å². The van der Waals surface area contributed by atoms with E-state index in [1.165, 1.54) is 6.92 Å². The smallest absolute Gasteiger partial charge is 0.248 e. The molecule has 0 heterocycles. The first kappa shape index (κ1) is 9.59. The van der Waals surface area contributed by atoms with E-state index in [1.54, 1.807) is 0 Å². The Morgan fingerprint density at radius 3 is 2.23 bits per heavy atom. The minimum Gasteiger partial charge on any atom is -0.309 e. The van der Waals surface area contributed by atoms with Gasteiger partial charge in [-0.25, -0.2) is 19.7 Å². The molecule has 0 aliphatic heterocycles. The van der Waals surface area contributed by atoms with Gasteiger partial charge in [-0.2, -0.15) is 0 Å². The summed E-state index contributed by atoms with van der Waals surface area (Å²) in [6.45, 7) is 8.03. The summed E-state index contributed by atoms with van der Waals surface area (Å²) in [5.74, 6) is -3.26. The maximum Gasteiger partial charge on any atom is 0.248 e. The zero-order chi connectivity index (χ0) is 10.0. The van der Waals surface area contributed by atoms with Gasteiger partial charge in [0, 0.05) is 13.0 Å². The lowest BCUT2D eigenvalue weighted by Crippen LogP contribution is -1.96. The highest BCUT2D eigenvalue weighted by atomic mass is 19.2. The molecular weight excluding hydrogens is 179 g/mol. The summed E-state index contributed by atoms with van der Waals surface area (Å²) in [4.78, 5) is 3.01. The lowest BCUT2D eigenvalue weighted by molar-refractivity contribution is 0.489. The van der Waals surface area contributed by atoms with Crippen LogP contribution in [-0.2, 0) is 0 Å². The molecule has 0 radical (unpaired) electrons. The third-order valence-electron chi connectivity index (χ3n) is 1.68. The van der Waals surface area contributed by atoms with E-state index in [0.29, 0.717) is 12.1 Å². The number of benzene rings is 1. The van der Waals surface area contributed by atoms with E-state index in [9.17, 15) is 13.2 Å². The van der Waals surface area contributed by atoms with Gasteiger partial charge in [0.25, 0.3) is 0 Å². The van der Waals surface area contributed by atoms with Gasteiger partial charge in [0.05, 0.1) is 5.56 Å². The minimum absolute atomic E-state index is 0.117. The number of nitrogens with zero attached hydrogens (tertiary/aromatic N) is 1. The number of rotatable bonds is 1. The topological polar surface area (TPSA) is 4.36 Å². The molecule has 0 saturated heterocycles. The van der Waals surface area contributed by atoms with Crippen LogP contribution in [0, 0.1) is 24.0 Å². The predicted octanol–water partition coefficient (Wildman–Crippen LogP) is 3.08. The van der Waals surface area contributed by atoms with Gasteiger partial charge >= 0.3 is 0 Å². The zero-order valence-corrected chi connectivity index (χ0v) is 6.81. The fraction of sp³-hybridized carbons (Fsp3) is 0.222. The molecule has 1 aromatic carbocycles. The van der Waals surface area contributed by atoms with Crippen molar-refractivity contribution >= 4 is 0 Å². The van der Waals surface area contributed by atoms with Crippen LogP contribution in [-0.4, -0.2) is 0 Å². The average Bonchev–Trinajstić information content (AvgIpc) is 2.10. The summed E-state index contributed by atoms with van der Waals surface area (Å²) in [7, 11) is 0. The van der Waals surface area contributed by atoms with Gasteiger partial charge in [-0.3, -0.25) is 0 Å². The third kappa shape index (κ3) is 1.81. The van der Waals surface area contributed by atoms with Gasteiger partial charge in [0.1, 0.15) is 5.82 Å². The van der Waals surface area contributed by atoms with Crippen molar-refractivity contribution in [1.82, 2.24) is 0 Å². The molecule has 0 saturated carbocycles. The van der Waals surface area contributed by atoms with Crippen LogP contribution in [0.15, 0.2) is 12.1 Å². The van der Waals surface area contributed by atoms with Crippen LogP contribution in [0.25, 0.3) is 4.85 Å².